The largest absolute Gasteiger partial charge is 0.459 e. The van der Waals surface area contributed by atoms with Crippen LogP contribution in [-0.2, 0) is 16.1 Å². The Balaban J connectivity index is 1.88. The minimum absolute atomic E-state index is 0.0304. The third-order valence-electron chi connectivity index (χ3n) is 5.65. The third-order valence-corrected chi connectivity index (χ3v) is 5.65. The van der Waals surface area contributed by atoms with E-state index in [2.05, 4.69) is 4.98 Å². The molecule has 2 aliphatic rings. The minimum Gasteiger partial charge on any atom is -0.459 e. The standard InChI is InChI=1S/C22H20F3N3O4/c1-20(2)9-14-17(15(29)10-20)21(22(23,24)25,27-18(30)16-6-4-8-32-16)19(31)28(14)12-13-5-3-7-26-11-13/h3-8,11H,9-10,12H2,1-2H3,(H,27,30). The Morgan fingerprint density at radius 3 is 2.56 bits per heavy atom. The predicted molar refractivity (Wildman–Crippen MR) is 105 cm³/mol. The van der Waals surface area contributed by atoms with Crippen molar-refractivity contribution < 1.29 is 32.0 Å². The molecule has 0 spiro atoms. The molecule has 0 bridgehead atoms. The van der Waals surface area contributed by atoms with E-state index in [4.69, 9.17) is 4.42 Å². The number of rotatable bonds is 4. The number of nitrogens with zero attached hydrogens (tertiary/aromatic N) is 2. The van der Waals surface area contributed by atoms with Gasteiger partial charge in [0.05, 0.1) is 18.4 Å². The molecule has 2 amide bonds. The Hall–Kier alpha value is -3.43. The number of alkyl halides is 3. The first-order valence-corrected chi connectivity index (χ1v) is 9.87. The van der Waals surface area contributed by atoms with Crippen LogP contribution in [0.2, 0.25) is 0 Å². The Morgan fingerprint density at radius 1 is 1.22 bits per heavy atom. The molecule has 168 valence electrons. The van der Waals surface area contributed by atoms with Gasteiger partial charge in [0.1, 0.15) is 0 Å². The van der Waals surface area contributed by atoms with Crippen molar-refractivity contribution in [1.29, 1.82) is 0 Å². The molecule has 0 aromatic carbocycles. The fraction of sp³-hybridized carbons (Fsp3) is 0.364. The molecule has 1 unspecified atom stereocenters. The predicted octanol–water partition coefficient (Wildman–Crippen LogP) is 3.39. The highest BCUT2D eigenvalue weighted by Crippen LogP contribution is 2.52. The first-order chi connectivity index (χ1) is 15.0. The van der Waals surface area contributed by atoms with E-state index < -0.39 is 46.1 Å². The van der Waals surface area contributed by atoms with Gasteiger partial charge in [-0.25, -0.2) is 0 Å². The van der Waals surface area contributed by atoms with Crippen molar-refractivity contribution in [2.45, 2.75) is 44.9 Å². The third kappa shape index (κ3) is 3.39. The lowest BCUT2D eigenvalue weighted by molar-refractivity contribution is -0.191. The Morgan fingerprint density at radius 2 is 1.97 bits per heavy atom. The van der Waals surface area contributed by atoms with E-state index >= 15 is 0 Å². The van der Waals surface area contributed by atoms with Crippen LogP contribution < -0.4 is 5.32 Å². The molecule has 0 fully saturated rings. The van der Waals surface area contributed by atoms with Gasteiger partial charge in [0.25, 0.3) is 11.8 Å². The number of allylic oxidation sites excluding steroid dienone is 1. The molecule has 1 aliphatic carbocycles. The van der Waals surface area contributed by atoms with Crippen molar-refractivity contribution >= 4 is 17.6 Å². The Bertz CT molecular complexity index is 1110. The number of amides is 2. The van der Waals surface area contributed by atoms with Crippen LogP contribution in [0, 0.1) is 5.41 Å². The quantitative estimate of drug-likeness (QED) is 0.776. The molecule has 0 radical (unpaired) electrons. The summed E-state index contributed by atoms with van der Waals surface area (Å²) in [4.78, 5) is 44.0. The molecule has 1 atom stereocenters. The van der Waals surface area contributed by atoms with Crippen LogP contribution in [0.5, 0.6) is 0 Å². The van der Waals surface area contributed by atoms with E-state index in [1.165, 1.54) is 24.5 Å². The molecule has 0 saturated carbocycles. The lowest BCUT2D eigenvalue weighted by Gasteiger charge is -2.35. The van der Waals surface area contributed by atoms with E-state index in [-0.39, 0.29) is 25.1 Å². The van der Waals surface area contributed by atoms with Gasteiger partial charge in [-0.3, -0.25) is 19.4 Å². The molecule has 0 saturated heterocycles. The molecule has 32 heavy (non-hydrogen) atoms. The number of hydrogen-bond donors (Lipinski definition) is 1. The number of carbonyl (C=O) groups is 3. The summed E-state index contributed by atoms with van der Waals surface area (Å²) >= 11 is 0. The summed E-state index contributed by atoms with van der Waals surface area (Å²) in [7, 11) is 0. The number of Topliss-reactive ketones (excluding diaryl/α,β-unsaturated/α-hetero) is 1. The molecular formula is C22H20F3N3O4. The lowest BCUT2D eigenvalue weighted by Crippen LogP contribution is -2.66. The molecule has 2 aromatic heterocycles. The second-order valence-corrected chi connectivity index (χ2v) is 8.69. The van der Waals surface area contributed by atoms with Gasteiger partial charge in [0.15, 0.2) is 11.5 Å². The summed E-state index contributed by atoms with van der Waals surface area (Å²) in [6, 6.07) is 5.72. The fourth-order valence-electron chi connectivity index (χ4n) is 4.31. The highest BCUT2D eigenvalue weighted by molar-refractivity contribution is 6.14. The second-order valence-electron chi connectivity index (χ2n) is 8.69. The van der Waals surface area contributed by atoms with Crippen molar-refractivity contribution in [3.05, 3.63) is 65.5 Å². The SMILES string of the molecule is CC1(C)CC(=O)C2=C(C1)N(Cc1cccnc1)C(=O)C2(NC(=O)c1ccco1)C(F)(F)F. The summed E-state index contributed by atoms with van der Waals surface area (Å²) in [5.74, 6) is -3.90. The van der Waals surface area contributed by atoms with Crippen LogP contribution in [0.15, 0.2) is 58.6 Å². The van der Waals surface area contributed by atoms with E-state index in [1.54, 1.807) is 26.0 Å². The van der Waals surface area contributed by atoms with E-state index in [1.807, 2.05) is 5.32 Å². The van der Waals surface area contributed by atoms with Crippen LogP contribution in [-0.4, -0.2) is 39.2 Å². The normalized spacial score (nSPS) is 22.8. The van der Waals surface area contributed by atoms with Gasteiger partial charge in [0.2, 0.25) is 5.54 Å². The maximum absolute atomic E-state index is 14.6. The van der Waals surface area contributed by atoms with Crippen LogP contribution >= 0.6 is 0 Å². The van der Waals surface area contributed by atoms with Gasteiger partial charge in [-0.1, -0.05) is 19.9 Å². The van der Waals surface area contributed by atoms with Gasteiger partial charge < -0.3 is 14.6 Å². The summed E-state index contributed by atoms with van der Waals surface area (Å²) in [5.41, 5.74) is -4.42. The first kappa shape index (κ1) is 21.8. The Kier molecular flexibility index (Phi) is 4.98. The minimum atomic E-state index is -5.27. The number of hydrogen-bond acceptors (Lipinski definition) is 5. The number of furan rings is 1. The zero-order valence-corrected chi connectivity index (χ0v) is 17.3. The van der Waals surface area contributed by atoms with Crippen LogP contribution in [0.4, 0.5) is 13.2 Å². The summed E-state index contributed by atoms with van der Waals surface area (Å²) in [6.45, 7) is 3.27. The van der Waals surface area contributed by atoms with Crippen molar-refractivity contribution in [2.24, 2.45) is 5.41 Å². The number of nitrogens with one attached hydrogen (secondary N) is 1. The number of aromatic nitrogens is 1. The van der Waals surface area contributed by atoms with E-state index in [0.29, 0.717) is 5.56 Å². The summed E-state index contributed by atoms with van der Waals surface area (Å²) in [5, 5.41) is 1.81. The van der Waals surface area contributed by atoms with Gasteiger partial charge in [-0.15, -0.1) is 0 Å². The van der Waals surface area contributed by atoms with Crippen LogP contribution in [0.1, 0.15) is 42.8 Å². The molecule has 7 nitrogen and oxygen atoms in total. The lowest BCUT2D eigenvalue weighted by atomic mass is 9.72. The number of carbonyl (C=O) groups excluding carboxylic acids is 3. The highest BCUT2D eigenvalue weighted by Gasteiger charge is 2.71. The van der Waals surface area contributed by atoms with Crippen molar-refractivity contribution in [3.63, 3.8) is 0 Å². The second kappa shape index (κ2) is 7.32. The van der Waals surface area contributed by atoms with E-state index in [0.717, 1.165) is 11.2 Å². The molecule has 1 N–H and O–H groups in total. The molecule has 10 heteroatoms. The zero-order chi connectivity index (χ0) is 23.3. The maximum atomic E-state index is 14.6. The molecule has 1 aliphatic heterocycles. The Labute approximate surface area is 181 Å². The van der Waals surface area contributed by atoms with Crippen molar-refractivity contribution in [2.75, 3.05) is 0 Å². The van der Waals surface area contributed by atoms with E-state index in [9.17, 15) is 27.6 Å². The molecule has 3 heterocycles. The monoisotopic (exact) mass is 447 g/mol. The average Bonchev–Trinajstić information content (AvgIpc) is 3.30. The summed E-state index contributed by atoms with van der Waals surface area (Å²) < 4.78 is 48.8. The van der Waals surface area contributed by atoms with Crippen molar-refractivity contribution in [1.82, 2.24) is 15.2 Å². The first-order valence-electron chi connectivity index (χ1n) is 9.87. The molecule has 2 aromatic rings. The average molecular weight is 447 g/mol. The molecular weight excluding hydrogens is 427 g/mol. The molecule has 4 rings (SSSR count). The van der Waals surface area contributed by atoms with Gasteiger partial charge in [0, 0.05) is 24.5 Å². The maximum Gasteiger partial charge on any atom is 0.425 e. The fourth-order valence-corrected chi connectivity index (χ4v) is 4.31. The van der Waals surface area contributed by atoms with Crippen molar-refractivity contribution in [3.8, 4) is 0 Å². The van der Waals surface area contributed by atoms with Gasteiger partial charge in [-0.05, 0) is 35.6 Å². The highest BCUT2D eigenvalue weighted by atomic mass is 19.4. The van der Waals surface area contributed by atoms with Gasteiger partial charge in [-0.2, -0.15) is 13.2 Å². The zero-order valence-electron chi connectivity index (χ0n) is 17.3. The number of pyridine rings is 1. The number of halogens is 3. The smallest absolute Gasteiger partial charge is 0.425 e. The number of ketones is 1. The van der Waals surface area contributed by atoms with Crippen LogP contribution in [0.3, 0.4) is 0 Å². The van der Waals surface area contributed by atoms with Gasteiger partial charge >= 0.3 is 6.18 Å². The summed E-state index contributed by atoms with van der Waals surface area (Å²) in [6.07, 6.45) is -1.34. The topological polar surface area (TPSA) is 92.5 Å². The van der Waals surface area contributed by atoms with Crippen LogP contribution in [0.25, 0.3) is 0 Å².